The van der Waals surface area contributed by atoms with Crippen LogP contribution in [0.4, 0.5) is 0 Å². The molecular weight excluding hydrogens is 300 g/mol. The van der Waals surface area contributed by atoms with Crippen LogP contribution in [0, 0.1) is 5.92 Å². The summed E-state index contributed by atoms with van der Waals surface area (Å²) in [5.41, 5.74) is 1.05. The molecule has 0 radical (unpaired) electrons. The van der Waals surface area contributed by atoms with Gasteiger partial charge in [-0.3, -0.25) is 0 Å². The lowest BCUT2D eigenvalue weighted by atomic mass is 9.98. The van der Waals surface area contributed by atoms with Crippen LogP contribution in [-0.4, -0.2) is 38.4 Å². The first-order valence-corrected chi connectivity index (χ1v) is 7.68. The molecule has 2 aliphatic heterocycles. The summed E-state index contributed by atoms with van der Waals surface area (Å²) in [4.78, 5) is 11.9. The summed E-state index contributed by atoms with van der Waals surface area (Å²) in [7, 11) is 0. The summed E-state index contributed by atoms with van der Waals surface area (Å²) >= 11 is 0. The van der Waals surface area contributed by atoms with Crippen molar-refractivity contribution in [2.75, 3.05) is 20.0 Å². The van der Waals surface area contributed by atoms with Crippen LogP contribution in [0.15, 0.2) is 42.2 Å². The largest absolute Gasteiger partial charge is 0.460 e. The average molecular weight is 320 g/mol. The summed E-state index contributed by atoms with van der Waals surface area (Å²) in [5, 5.41) is 0. The van der Waals surface area contributed by atoms with Gasteiger partial charge in [0.15, 0.2) is 6.79 Å². The molecule has 0 unspecified atom stereocenters. The average Bonchev–Trinajstić information content (AvgIpc) is 2.60. The Kier molecular flexibility index (Phi) is 5.27. The fourth-order valence-electron chi connectivity index (χ4n) is 2.57. The molecule has 0 bridgehead atoms. The van der Waals surface area contributed by atoms with Gasteiger partial charge in [-0.25, -0.2) is 4.79 Å². The van der Waals surface area contributed by atoms with Crippen molar-refractivity contribution in [1.29, 1.82) is 0 Å². The molecule has 23 heavy (non-hydrogen) atoms. The summed E-state index contributed by atoms with van der Waals surface area (Å²) < 4.78 is 27.3. The Hall–Kier alpha value is -1.89. The highest BCUT2D eigenvalue weighted by molar-refractivity contribution is 5.86. The van der Waals surface area contributed by atoms with E-state index in [0.717, 1.165) is 5.56 Å². The minimum Gasteiger partial charge on any atom is -0.460 e. The maximum Gasteiger partial charge on any atom is 0.373 e. The van der Waals surface area contributed by atoms with Crippen LogP contribution in [0.1, 0.15) is 12.5 Å². The summed E-state index contributed by atoms with van der Waals surface area (Å²) in [5.74, 6) is -0.493. The Labute approximate surface area is 134 Å². The Morgan fingerprint density at radius 3 is 2.91 bits per heavy atom. The number of hydrogen-bond donors (Lipinski definition) is 0. The van der Waals surface area contributed by atoms with E-state index in [-0.39, 0.29) is 31.2 Å². The molecule has 1 saturated heterocycles. The van der Waals surface area contributed by atoms with Gasteiger partial charge >= 0.3 is 5.97 Å². The molecule has 2 heterocycles. The predicted molar refractivity (Wildman–Crippen MR) is 80.0 cm³/mol. The molecule has 1 aromatic rings. The number of fused-ring (bicyclic) bond motifs is 1. The number of esters is 1. The quantitative estimate of drug-likeness (QED) is 0.773. The van der Waals surface area contributed by atoms with E-state index in [1.54, 1.807) is 13.0 Å². The van der Waals surface area contributed by atoms with E-state index in [4.69, 9.17) is 23.7 Å². The van der Waals surface area contributed by atoms with Gasteiger partial charge in [0.1, 0.15) is 0 Å². The second-order valence-corrected chi connectivity index (χ2v) is 5.32. The van der Waals surface area contributed by atoms with Crippen LogP contribution >= 0.6 is 0 Å². The molecule has 0 saturated carbocycles. The summed E-state index contributed by atoms with van der Waals surface area (Å²) in [6.45, 7) is 3.06. The van der Waals surface area contributed by atoms with Crippen LogP contribution in [0.3, 0.4) is 0 Å². The molecular formula is C17H20O6. The third kappa shape index (κ3) is 3.90. The first kappa shape index (κ1) is 16.0. The molecule has 2 aliphatic rings. The molecule has 1 aromatic carbocycles. The minimum absolute atomic E-state index is 0.120. The molecule has 6 nitrogen and oxygen atoms in total. The van der Waals surface area contributed by atoms with Crippen LogP contribution in [0.25, 0.3) is 0 Å². The Bertz CT molecular complexity index is 555. The summed E-state index contributed by atoms with van der Waals surface area (Å²) in [6, 6.07) is 9.84. The van der Waals surface area contributed by atoms with E-state index in [1.807, 2.05) is 30.3 Å². The van der Waals surface area contributed by atoms with Crippen LogP contribution in [-0.2, 0) is 35.1 Å². The van der Waals surface area contributed by atoms with Gasteiger partial charge in [-0.2, -0.15) is 0 Å². The van der Waals surface area contributed by atoms with Crippen molar-refractivity contribution in [3.8, 4) is 0 Å². The topological polar surface area (TPSA) is 63.2 Å². The molecule has 0 N–H and O–H groups in total. The van der Waals surface area contributed by atoms with Crippen LogP contribution in [0.5, 0.6) is 0 Å². The van der Waals surface area contributed by atoms with E-state index in [2.05, 4.69) is 0 Å². The van der Waals surface area contributed by atoms with E-state index in [0.29, 0.717) is 13.2 Å². The lowest BCUT2D eigenvalue weighted by molar-refractivity contribution is -0.275. The maximum absolute atomic E-state index is 11.9. The third-order valence-electron chi connectivity index (χ3n) is 3.72. The fraction of sp³-hybridized carbons (Fsp3) is 0.471. The van der Waals surface area contributed by atoms with E-state index < -0.39 is 12.3 Å². The van der Waals surface area contributed by atoms with Gasteiger partial charge in [0.2, 0.25) is 12.0 Å². The van der Waals surface area contributed by atoms with E-state index >= 15 is 0 Å². The van der Waals surface area contributed by atoms with Gasteiger partial charge < -0.3 is 23.7 Å². The molecule has 1 fully saturated rings. The Morgan fingerprint density at radius 2 is 2.13 bits per heavy atom. The molecule has 3 atom stereocenters. The molecule has 6 heteroatoms. The van der Waals surface area contributed by atoms with Gasteiger partial charge in [-0.1, -0.05) is 30.3 Å². The van der Waals surface area contributed by atoms with Gasteiger partial charge in [0.05, 0.1) is 31.8 Å². The van der Waals surface area contributed by atoms with Crippen LogP contribution in [0.2, 0.25) is 0 Å². The smallest absolute Gasteiger partial charge is 0.373 e. The van der Waals surface area contributed by atoms with Crippen molar-refractivity contribution in [3.63, 3.8) is 0 Å². The van der Waals surface area contributed by atoms with Crippen molar-refractivity contribution in [2.45, 2.75) is 25.9 Å². The molecule has 0 amide bonds. The number of benzene rings is 1. The van der Waals surface area contributed by atoms with Gasteiger partial charge in [-0.15, -0.1) is 0 Å². The zero-order chi connectivity index (χ0) is 16.1. The van der Waals surface area contributed by atoms with E-state index in [9.17, 15) is 4.79 Å². The number of carbonyl (C=O) groups is 1. The molecule has 0 spiro atoms. The zero-order valence-corrected chi connectivity index (χ0v) is 13.0. The highest BCUT2D eigenvalue weighted by Crippen LogP contribution is 2.30. The van der Waals surface area contributed by atoms with Crippen molar-refractivity contribution >= 4 is 5.97 Å². The SMILES string of the molecule is CCOC(=O)C1=C[C@@H](OCc2ccccc2)[C@H]2COCO[C@H]2O1. The first-order chi connectivity index (χ1) is 11.3. The van der Waals surface area contributed by atoms with Gasteiger partial charge in [-0.05, 0) is 18.6 Å². The lowest BCUT2D eigenvalue weighted by Gasteiger charge is -2.38. The standard InChI is InChI=1S/C17H20O6/c1-2-20-16(18)15-8-14(13-10-19-11-22-17(13)23-15)21-9-12-6-4-3-5-7-12/h3-8,13-14,17H,2,9-11H2,1H3/t13-,14-,17+/m1/s1. The zero-order valence-electron chi connectivity index (χ0n) is 13.0. The van der Waals surface area contributed by atoms with Crippen molar-refractivity contribution in [2.24, 2.45) is 5.92 Å². The Morgan fingerprint density at radius 1 is 1.30 bits per heavy atom. The lowest BCUT2D eigenvalue weighted by Crippen LogP contribution is -2.47. The number of carbonyl (C=O) groups excluding carboxylic acids is 1. The van der Waals surface area contributed by atoms with Gasteiger partial charge in [0.25, 0.3) is 0 Å². The second-order valence-electron chi connectivity index (χ2n) is 5.32. The second kappa shape index (κ2) is 7.59. The minimum atomic E-state index is -0.561. The molecule has 3 rings (SSSR count). The number of hydrogen-bond acceptors (Lipinski definition) is 6. The van der Waals surface area contributed by atoms with Crippen molar-refractivity contribution in [1.82, 2.24) is 0 Å². The monoisotopic (exact) mass is 320 g/mol. The predicted octanol–water partition coefficient (Wildman–Crippen LogP) is 2.00. The van der Waals surface area contributed by atoms with Crippen molar-refractivity contribution in [3.05, 3.63) is 47.7 Å². The normalized spacial score (nSPS) is 26.7. The first-order valence-electron chi connectivity index (χ1n) is 7.68. The van der Waals surface area contributed by atoms with Crippen LogP contribution < -0.4 is 0 Å². The third-order valence-corrected chi connectivity index (χ3v) is 3.72. The number of ether oxygens (including phenoxy) is 5. The Balaban J connectivity index is 1.73. The molecule has 124 valence electrons. The molecule has 0 aromatic heterocycles. The number of rotatable bonds is 5. The highest BCUT2D eigenvalue weighted by atomic mass is 16.8. The van der Waals surface area contributed by atoms with Gasteiger partial charge in [0, 0.05) is 0 Å². The fourth-order valence-corrected chi connectivity index (χ4v) is 2.57. The summed E-state index contributed by atoms with van der Waals surface area (Å²) in [6.07, 6.45) is 0.753. The van der Waals surface area contributed by atoms with E-state index in [1.165, 1.54) is 0 Å². The maximum atomic E-state index is 11.9. The highest BCUT2D eigenvalue weighted by Gasteiger charge is 2.41. The molecule has 0 aliphatic carbocycles. The van der Waals surface area contributed by atoms with Crippen molar-refractivity contribution < 1.29 is 28.5 Å².